The average molecular weight is 381 g/mol. The van der Waals surface area contributed by atoms with Gasteiger partial charge < -0.3 is 9.47 Å². The molecule has 0 spiro atoms. The van der Waals surface area contributed by atoms with Crippen LogP contribution in [0, 0.1) is 0 Å². The average Bonchev–Trinajstić information content (AvgIpc) is 2.54. The quantitative estimate of drug-likeness (QED) is 0.525. The highest BCUT2D eigenvalue weighted by Gasteiger charge is 2.21. The van der Waals surface area contributed by atoms with Crippen molar-refractivity contribution in [2.45, 2.75) is 17.6 Å². The first-order valence-electron chi connectivity index (χ1n) is 6.87. The summed E-state index contributed by atoms with van der Waals surface area (Å²) in [5.41, 5.74) is 1.38. The minimum absolute atomic E-state index is 0.333. The normalized spacial score (nSPS) is 10.3. The maximum Gasteiger partial charge on any atom is 0.342 e. The molecule has 0 aliphatic rings. The predicted molar refractivity (Wildman–Crippen MR) is 92.7 cm³/mol. The molecule has 0 bridgehead atoms. The molecule has 0 fully saturated rings. The molecular weight excluding hydrogens is 364 g/mol. The number of benzene rings is 2. The molecule has 0 saturated heterocycles. The monoisotopic (exact) mass is 380 g/mol. The second-order valence-electron chi connectivity index (χ2n) is 4.44. The van der Waals surface area contributed by atoms with E-state index >= 15 is 0 Å². The maximum atomic E-state index is 12.3. The van der Waals surface area contributed by atoms with E-state index in [2.05, 4.69) is 15.9 Å². The van der Waals surface area contributed by atoms with Gasteiger partial charge in [-0.25, -0.2) is 4.79 Å². The Morgan fingerprint density at radius 3 is 2.55 bits per heavy atom. The summed E-state index contributed by atoms with van der Waals surface area (Å²) in [6.07, 6.45) is 0. The van der Waals surface area contributed by atoms with Crippen LogP contribution in [0.3, 0.4) is 0 Å². The van der Waals surface area contributed by atoms with E-state index in [4.69, 9.17) is 9.47 Å². The van der Waals surface area contributed by atoms with Gasteiger partial charge in [0.2, 0.25) is 0 Å². The molecule has 0 radical (unpaired) electrons. The van der Waals surface area contributed by atoms with Crippen LogP contribution in [0.5, 0.6) is 5.75 Å². The molecule has 0 aliphatic carbocycles. The van der Waals surface area contributed by atoms with Gasteiger partial charge in [0.05, 0.1) is 18.2 Å². The zero-order chi connectivity index (χ0) is 15.9. The van der Waals surface area contributed by atoms with Crippen molar-refractivity contribution in [3.05, 3.63) is 58.1 Å². The number of carbonyl (C=O) groups excluding carboxylic acids is 1. The number of rotatable bonds is 6. The van der Waals surface area contributed by atoms with Crippen molar-refractivity contribution in [2.24, 2.45) is 0 Å². The van der Waals surface area contributed by atoms with Gasteiger partial charge in [0.1, 0.15) is 11.3 Å². The highest BCUT2D eigenvalue weighted by molar-refractivity contribution is 9.10. The molecule has 0 heterocycles. The number of carbonyl (C=O) groups is 1. The fourth-order valence-electron chi connectivity index (χ4n) is 2.02. The molecule has 0 aliphatic heterocycles. The number of hydrogen-bond donors (Lipinski definition) is 0. The summed E-state index contributed by atoms with van der Waals surface area (Å²) in [6, 6.07) is 13.9. The minimum atomic E-state index is -0.357. The molecular formula is C17H17BrO3S. The molecule has 0 saturated carbocycles. The standard InChI is InChI=1S/C17H17BrO3S/c1-3-21-17(19)15-12(9-10-14(18)16(15)20-2)11-22-13-7-5-4-6-8-13/h4-10H,3,11H2,1-2H3. The minimum Gasteiger partial charge on any atom is -0.495 e. The van der Waals surface area contributed by atoms with Crippen molar-refractivity contribution in [3.8, 4) is 5.75 Å². The van der Waals surface area contributed by atoms with Crippen LogP contribution in [0.25, 0.3) is 0 Å². The Bertz CT molecular complexity index is 644. The molecule has 2 rings (SSSR count). The van der Waals surface area contributed by atoms with Gasteiger partial charge in [0, 0.05) is 10.6 Å². The zero-order valence-electron chi connectivity index (χ0n) is 12.5. The van der Waals surface area contributed by atoms with E-state index in [0.717, 1.165) is 14.9 Å². The highest BCUT2D eigenvalue weighted by atomic mass is 79.9. The van der Waals surface area contributed by atoms with Crippen LogP contribution in [0.15, 0.2) is 51.8 Å². The molecule has 116 valence electrons. The number of thioether (sulfide) groups is 1. The number of hydrogen-bond acceptors (Lipinski definition) is 4. The Labute approximate surface area is 143 Å². The summed E-state index contributed by atoms with van der Waals surface area (Å²) >= 11 is 5.09. The van der Waals surface area contributed by atoms with E-state index in [1.807, 2.05) is 42.5 Å². The largest absolute Gasteiger partial charge is 0.495 e. The summed E-state index contributed by atoms with van der Waals surface area (Å²) in [7, 11) is 1.55. The molecule has 0 unspecified atom stereocenters. The number of esters is 1. The second kappa shape index (κ2) is 8.25. The fourth-order valence-corrected chi connectivity index (χ4v) is 3.43. The topological polar surface area (TPSA) is 35.5 Å². The van der Waals surface area contributed by atoms with Crippen molar-refractivity contribution in [1.82, 2.24) is 0 Å². The predicted octanol–water partition coefficient (Wildman–Crippen LogP) is 4.93. The molecule has 0 atom stereocenters. The Hall–Kier alpha value is -1.46. The van der Waals surface area contributed by atoms with E-state index < -0.39 is 0 Å². The number of methoxy groups -OCH3 is 1. The van der Waals surface area contributed by atoms with Gasteiger partial charge >= 0.3 is 5.97 Å². The maximum absolute atomic E-state index is 12.3. The first-order chi connectivity index (χ1) is 10.7. The van der Waals surface area contributed by atoms with E-state index in [1.165, 1.54) is 0 Å². The first kappa shape index (κ1) is 16.9. The third-order valence-electron chi connectivity index (χ3n) is 3.02. The second-order valence-corrected chi connectivity index (χ2v) is 6.34. The van der Waals surface area contributed by atoms with Gasteiger partial charge in [-0.05, 0) is 46.6 Å². The van der Waals surface area contributed by atoms with E-state index in [9.17, 15) is 4.79 Å². The zero-order valence-corrected chi connectivity index (χ0v) is 14.9. The molecule has 0 aromatic heterocycles. The van der Waals surface area contributed by atoms with Crippen LogP contribution in [0.2, 0.25) is 0 Å². The van der Waals surface area contributed by atoms with Crippen LogP contribution in [0.1, 0.15) is 22.8 Å². The van der Waals surface area contributed by atoms with Gasteiger partial charge in [-0.1, -0.05) is 24.3 Å². The van der Waals surface area contributed by atoms with Gasteiger partial charge in [-0.2, -0.15) is 0 Å². The SMILES string of the molecule is CCOC(=O)c1c(CSc2ccccc2)ccc(Br)c1OC. The number of halogens is 1. The van der Waals surface area contributed by atoms with Crippen molar-refractivity contribution in [2.75, 3.05) is 13.7 Å². The molecule has 2 aromatic rings. The lowest BCUT2D eigenvalue weighted by Crippen LogP contribution is -2.10. The Balaban J connectivity index is 2.31. The van der Waals surface area contributed by atoms with Crippen LogP contribution in [-0.2, 0) is 10.5 Å². The molecule has 0 N–H and O–H groups in total. The summed E-state index contributed by atoms with van der Waals surface area (Å²) in [5.74, 6) is 0.829. The molecule has 22 heavy (non-hydrogen) atoms. The van der Waals surface area contributed by atoms with Crippen molar-refractivity contribution in [1.29, 1.82) is 0 Å². The Morgan fingerprint density at radius 1 is 1.18 bits per heavy atom. The Kier molecular flexibility index (Phi) is 6.34. The summed E-state index contributed by atoms with van der Waals surface area (Å²) in [5, 5.41) is 0. The lowest BCUT2D eigenvalue weighted by Gasteiger charge is -2.14. The molecule has 5 heteroatoms. The molecule has 3 nitrogen and oxygen atoms in total. The molecule has 2 aromatic carbocycles. The van der Waals surface area contributed by atoms with Gasteiger partial charge in [0.25, 0.3) is 0 Å². The smallest absolute Gasteiger partial charge is 0.342 e. The van der Waals surface area contributed by atoms with Crippen LogP contribution in [0.4, 0.5) is 0 Å². The lowest BCUT2D eigenvalue weighted by molar-refractivity contribution is 0.0521. The van der Waals surface area contributed by atoms with Crippen LogP contribution in [-0.4, -0.2) is 19.7 Å². The number of ether oxygens (including phenoxy) is 2. The third-order valence-corrected chi connectivity index (χ3v) is 4.70. The van der Waals surface area contributed by atoms with Crippen molar-refractivity contribution >= 4 is 33.7 Å². The lowest BCUT2D eigenvalue weighted by atomic mass is 10.1. The van der Waals surface area contributed by atoms with E-state index in [1.54, 1.807) is 25.8 Å². The van der Waals surface area contributed by atoms with Crippen LogP contribution < -0.4 is 4.74 Å². The fraction of sp³-hybridized carbons (Fsp3) is 0.235. The third kappa shape index (κ3) is 4.05. The Morgan fingerprint density at radius 2 is 1.91 bits per heavy atom. The summed E-state index contributed by atoms with van der Waals surface area (Å²) in [4.78, 5) is 13.4. The van der Waals surface area contributed by atoms with Gasteiger partial charge in [-0.15, -0.1) is 11.8 Å². The van der Waals surface area contributed by atoms with E-state index in [0.29, 0.717) is 23.7 Å². The first-order valence-corrected chi connectivity index (χ1v) is 8.65. The van der Waals surface area contributed by atoms with Crippen molar-refractivity contribution in [3.63, 3.8) is 0 Å². The summed E-state index contributed by atoms with van der Waals surface area (Å²) in [6.45, 7) is 2.13. The molecule has 0 amide bonds. The summed E-state index contributed by atoms with van der Waals surface area (Å²) < 4.78 is 11.3. The van der Waals surface area contributed by atoms with Crippen molar-refractivity contribution < 1.29 is 14.3 Å². The van der Waals surface area contributed by atoms with Gasteiger partial charge in [-0.3, -0.25) is 0 Å². The van der Waals surface area contributed by atoms with E-state index in [-0.39, 0.29) is 5.97 Å². The van der Waals surface area contributed by atoms with Crippen LogP contribution >= 0.6 is 27.7 Å². The van der Waals surface area contributed by atoms with Gasteiger partial charge in [0.15, 0.2) is 0 Å². The highest BCUT2D eigenvalue weighted by Crippen LogP contribution is 2.35.